The van der Waals surface area contributed by atoms with Gasteiger partial charge in [0.2, 0.25) is 17.6 Å². The number of piperidine rings is 1. The van der Waals surface area contributed by atoms with Gasteiger partial charge < -0.3 is 26.0 Å². The predicted molar refractivity (Wildman–Crippen MR) is 132 cm³/mol. The number of primary amides is 1. The molecule has 5 atom stereocenters. The quantitative estimate of drug-likeness (QED) is 0.427. The van der Waals surface area contributed by atoms with Gasteiger partial charge in [0.1, 0.15) is 17.7 Å². The highest BCUT2D eigenvalue weighted by Gasteiger charge is 2.70. The lowest BCUT2D eigenvalue weighted by atomic mass is 9.85. The van der Waals surface area contributed by atoms with Crippen LogP contribution in [0.3, 0.4) is 0 Å². The summed E-state index contributed by atoms with van der Waals surface area (Å²) in [5.41, 5.74) is 3.70. The molecular weight excluding hydrogens is 464 g/mol. The summed E-state index contributed by atoms with van der Waals surface area (Å²) in [6, 6.07) is -2.75. The highest BCUT2D eigenvalue weighted by atomic mass is 16.6. The maximum Gasteiger partial charge on any atom is 0.408 e. The van der Waals surface area contributed by atoms with Crippen LogP contribution < -0.4 is 16.4 Å². The van der Waals surface area contributed by atoms with E-state index in [-0.39, 0.29) is 29.1 Å². The van der Waals surface area contributed by atoms with Crippen molar-refractivity contribution < 1.29 is 28.7 Å². The molecule has 3 fully saturated rings. The lowest BCUT2D eigenvalue weighted by Crippen LogP contribution is -2.60. The molecule has 1 heterocycles. The number of hydrogen-bond donors (Lipinski definition) is 3. The molecule has 36 heavy (non-hydrogen) atoms. The molecule has 3 aliphatic rings. The van der Waals surface area contributed by atoms with Crippen molar-refractivity contribution in [3.8, 4) is 0 Å². The number of nitrogens with one attached hydrogen (secondary N) is 2. The van der Waals surface area contributed by atoms with Gasteiger partial charge in [0.05, 0.1) is 6.04 Å². The van der Waals surface area contributed by atoms with Gasteiger partial charge >= 0.3 is 6.09 Å². The summed E-state index contributed by atoms with van der Waals surface area (Å²) in [6.45, 7) is 15.2. The van der Waals surface area contributed by atoms with Crippen LogP contribution in [0.4, 0.5) is 4.79 Å². The van der Waals surface area contributed by atoms with Gasteiger partial charge in [0.25, 0.3) is 5.91 Å². The summed E-state index contributed by atoms with van der Waals surface area (Å²) in [5, 5.41) is 5.45. The van der Waals surface area contributed by atoms with Gasteiger partial charge in [-0.2, -0.15) is 0 Å². The molecule has 1 aliphatic heterocycles. The second kappa shape index (κ2) is 9.34. The molecule has 4 N–H and O–H groups in total. The SMILES string of the molecule is CC(C)(C)OC(=O)NC(C(=O)N1CC2[C@@H](C1C(=O)NC(CC1CC1)C(=O)C(N)=O)C2(C)C)C(C)(C)C. The second-order valence-electron chi connectivity index (χ2n) is 13.3. The van der Waals surface area contributed by atoms with E-state index in [4.69, 9.17) is 10.5 Å². The van der Waals surface area contributed by atoms with Crippen LogP contribution in [0, 0.1) is 28.6 Å². The van der Waals surface area contributed by atoms with Crippen LogP contribution in [0.1, 0.15) is 74.7 Å². The Hall–Kier alpha value is -2.65. The van der Waals surface area contributed by atoms with E-state index >= 15 is 0 Å². The monoisotopic (exact) mass is 506 g/mol. The van der Waals surface area contributed by atoms with Crippen LogP contribution >= 0.6 is 0 Å². The molecule has 4 amide bonds. The van der Waals surface area contributed by atoms with Gasteiger partial charge in [-0.1, -0.05) is 47.5 Å². The number of nitrogens with two attached hydrogens (primary N) is 1. The lowest BCUT2D eigenvalue weighted by molar-refractivity contribution is -0.145. The molecule has 0 aromatic heterocycles. The van der Waals surface area contributed by atoms with E-state index in [2.05, 4.69) is 24.5 Å². The number of amides is 4. The molecule has 10 heteroatoms. The van der Waals surface area contributed by atoms with E-state index in [0.717, 1.165) is 12.8 Å². The molecule has 2 saturated carbocycles. The van der Waals surface area contributed by atoms with Gasteiger partial charge in [-0.25, -0.2) is 4.79 Å². The Balaban J connectivity index is 1.83. The van der Waals surface area contributed by atoms with E-state index in [0.29, 0.717) is 13.0 Å². The number of nitrogens with zero attached hydrogens (tertiary/aromatic N) is 1. The minimum Gasteiger partial charge on any atom is -0.444 e. The maximum absolute atomic E-state index is 13.8. The number of Topliss-reactive ketones (excluding diaryl/α,β-unsaturated/α-hetero) is 1. The molecule has 0 aromatic rings. The number of carbonyl (C=O) groups is 5. The van der Waals surface area contributed by atoms with Crippen molar-refractivity contribution in [2.24, 2.45) is 34.3 Å². The number of alkyl carbamates (subject to hydrolysis) is 1. The third-order valence-electron chi connectivity index (χ3n) is 7.68. The zero-order chi connectivity index (χ0) is 27.4. The molecule has 0 spiro atoms. The summed E-state index contributed by atoms with van der Waals surface area (Å²) in [6.07, 6.45) is 1.52. The summed E-state index contributed by atoms with van der Waals surface area (Å²) < 4.78 is 5.38. The van der Waals surface area contributed by atoms with E-state index in [1.54, 1.807) is 20.8 Å². The average molecular weight is 507 g/mol. The second-order valence-corrected chi connectivity index (χ2v) is 13.3. The highest BCUT2D eigenvalue weighted by molar-refractivity contribution is 6.37. The third kappa shape index (κ3) is 6.00. The van der Waals surface area contributed by atoms with Crippen molar-refractivity contribution >= 4 is 29.6 Å². The van der Waals surface area contributed by atoms with Crippen molar-refractivity contribution in [1.29, 1.82) is 0 Å². The van der Waals surface area contributed by atoms with Crippen molar-refractivity contribution in [2.75, 3.05) is 6.54 Å². The fourth-order valence-electron chi connectivity index (χ4n) is 5.40. The Morgan fingerprint density at radius 3 is 2.08 bits per heavy atom. The minimum atomic E-state index is -1.08. The Morgan fingerprint density at radius 1 is 1.03 bits per heavy atom. The van der Waals surface area contributed by atoms with Crippen molar-refractivity contribution in [3.05, 3.63) is 0 Å². The molecule has 1 saturated heterocycles. The first-order chi connectivity index (χ1) is 16.3. The maximum atomic E-state index is 13.8. The molecule has 202 valence electrons. The first kappa shape index (κ1) is 27.9. The van der Waals surface area contributed by atoms with Gasteiger partial charge in [-0.3, -0.25) is 19.2 Å². The molecule has 0 radical (unpaired) electrons. The van der Waals surface area contributed by atoms with E-state index in [9.17, 15) is 24.0 Å². The number of ketones is 1. The van der Waals surface area contributed by atoms with Gasteiger partial charge in [-0.05, 0) is 55.8 Å². The zero-order valence-corrected chi connectivity index (χ0v) is 22.8. The Morgan fingerprint density at radius 2 is 1.61 bits per heavy atom. The van der Waals surface area contributed by atoms with Gasteiger partial charge in [0, 0.05) is 6.54 Å². The van der Waals surface area contributed by atoms with Crippen molar-refractivity contribution in [3.63, 3.8) is 0 Å². The predicted octanol–water partition coefficient (Wildman–Crippen LogP) is 1.75. The number of hydrogen-bond acceptors (Lipinski definition) is 6. The minimum absolute atomic E-state index is 0.0890. The number of likely N-dealkylation sites (tertiary alicyclic amines) is 1. The fourth-order valence-corrected chi connectivity index (χ4v) is 5.40. The summed E-state index contributed by atoms with van der Waals surface area (Å²) >= 11 is 0. The van der Waals surface area contributed by atoms with E-state index in [1.165, 1.54) is 4.90 Å². The standard InChI is InChI=1S/C26H42N4O6/c1-24(2,3)19(29-23(35)36-25(4,5)6)22(34)30-12-14-16(26(14,7)8)17(30)21(33)28-15(11-13-9-10-13)18(31)20(27)32/h13-17,19H,9-12H2,1-8H3,(H2,27,32)(H,28,33)(H,29,35)/t14?,15?,16-,17?,19?/m0/s1. The number of fused-ring (bicyclic) bond motifs is 1. The van der Waals surface area contributed by atoms with Crippen LogP contribution in [0.25, 0.3) is 0 Å². The summed E-state index contributed by atoms with van der Waals surface area (Å²) in [7, 11) is 0. The molecule has 0 aromatic carbocycles. The first-order valence-corrected chi connectivity index (χ1v) is 12.8. The molecular formula is C26H42N4O6. The lowest BCUT2D eigenvalue weighted by Gasteiger charge is -2.38. The Labute approximate surface area is 213 Å². The van der Waals surface area contributed by atoms with Gasteiger partial charge in [0.15, 0.2) is 0 Å². The molecule has 4 unspecified atom stereocenters. The highest BCUT2D eigenvalue weighted by Crippen LogP contribution is 2.65. The fraction of sp³-hybridized carbons (Fsp3) is 0.808. The normalized spacial score (nSPS) is 26.3. The van der Waals surface area contributed by atoms with Crippen LogP contribution in [-0.2, 0) is 23.9 Å². The number of rotatable bonds is 8. The van der Waals surface area contributed by atoms with Gasteiger partial charge in [-0.15, -0.1) is 0 Å². The van der Waals surface area contributed by atoms with Crippen LogP contribution in [0.5, 0.6) is 0 Å². The molecule has 2 aliphatic carbocycles. The molecule has 3 rings (SSSR count). The first-order valence-electron chi connectivity index (χ1n) is 12.8. The molecule has 10 nitrogen and oxygen atoms in total. The van der Waals surface area contributed by atoms with E-state index in [1.807, 2.05) is 20.8 Å². The number of ether oxygens (including phenoxy) is 1. The van der Waals surface area contributed by atoms with Crippen molar-refractivity contribution in [2.45, 2.75) is 98.4 Å². The summed E-state index contributed by atoms with van der Waals surface area (Å²) in [5.74, 6) is -2.45. The topological polar surface area (TPSA) is 148 Å². The van der Waals surface area contributed by atoms with Crippen LogP contribution in [-0.4, -0.2) is 64.8 Å². The third-order valence-corrected chi connectivity index (χ3v) is 7.68. The molecule has 0 bridgehead atoms. The van der Waals surface area contributed by atoms with Crippen LogP contribution in [0.2, 0.25) is 0 Å². The van der Waals surface area contributed by atoms with Crippen molar-refractivity contribution in [1.82, 2.24) is 15.5 Å². The summed E-state index contributed by atoms with van der Waals surface area (Å²) in [4.78, 5) is 65.5. The Bertz CT molecular complexity index is 943. The van der Waals surface area contributed by atoms with E-state index < -0.39 is 52.8 Å². The Kier molecular flexibility index (Phi) is 7.24. The van der Waals surface area contributed by atoms with Crippen LogP contribution in [0.15, 0.2) is 0 Å². The number of carbonyl (C=O) groups excluding carboxylic acids is 5. The largest absolute Gasteiger partial charge is 0.444 e. The average Bonchev–Trinajstić information content (AvgIpc) is 3.55. The smallest absolute Gasteiger partial charge is 0.408 e. The zero-order valence-electron chi connectivity index (χ0n) is 22.8.